The van der Waals surface area contributed by atoms with E-state index >= 15 is 4.39 Å². The van der Waals surface area contributed by atoms with Crippen LogP contribution in [0.1, 0.15) is 52.6 Å². The van der Waals surface area contributed by atoms with Gasteiger partial charge in [0, 0.05) is 129 Å². The number of urea groups is 1. The first-order valence-corrected chi connectivity index (χ1v) is 24.4. The minimum absolute atomic E-state index is 0.0535. The van der Waals surface area contributed by atoms with E-state index in [2.05, 4.69) is 52.5 Å². The smallest absolute Gasteiger partial charge is 0.329 e. The molecule has 0 saturated carbocycles. The van der Waals surface area contributed by atoms with Crippen molar-refractivity contribution in [3.8, 4) is 11.1 Å². The fourth-order valence-electron chi connectivity index (χ4n) is 11.2. The van der Waals surface area contributed by atoms with E-state index in [4.69, 9.17) is 0 Å². The summed E-state index contributed by atoms with van der Waals surface area (Å²) in [6, 6.07) is 15.8. The first kappa shape index (κ1) is 43.1. The normalized spacial score (nSPS) is 19.4. The fourth-order valence-corrected chi connectivity index (χ4v) is 11.7. The van der Waals surface area contributed by atoms with Gasteiger partial charge in [-0.2, -0.15) is 5.10 Å². The number of likely N-dealkylation sites (tertiary alicyclic amines) is 1. The molecule has 3 aromatic carbocycles. The number of carbonyl (C=O) groups excluding carboxylic acids is 5. The van der Waals surface area contributed by atoms with E-state index in [1.807, 2.05) is 46.8 Å². The molecule has 4 fully saturated rings. The van der Waals surface area contributed by atoms with Crippen molar-refractivity contribution in [3.63, 3.8) is 0 Å². The van der Waals surface area contributed by atoms with Crippen LogP contribution in [-0.4, -0.2) is 134 Å². The van der Waals surface area contributed by atoms with Gasteiger partial charge in [-0.1, -0.05) is 12.1 Å². The lowest BCUT2D eigenvalue weighted by Gasteiger charge is -2.61. The Kier molecular flexibility index (Phi) is 10.5. The number of anilines is 4. The Morgan fingerprint density at radius 1 is 0.870 bits per heavy atom. The zero-order valence-electron chi connectivity index (χ0n) is 38.1. The highest BCUT2D eigenvalue weighted by Gasteiger charge is 2.53. The SMILES string of the molecule is Cn1nc(N2CCC(=O)NC2=O)c2ccc(N3CCCN(CC(=O)N4CC5(C4)CN(c4ccc(-c6cc(F)c7c(c6)C(=O)N(C(C(=O)Nc6nccs6)c6ncn8c6CCC8)C7)cc4)C5)CC3)cc21. The molecule has 354 valence electrons. The lowest BCUT2D eigenvalue weighted by Crippen LogP contribution is -2.73. The number of imide groups is 1. The second-order valence-corrected chi connectivity index (χ2v) is 20.1. The minimum atomic E-state index is -1.05. The minimum Gasteiger partial charge on any atom is -0.370 e. The second kappa shape index (κ2) is 16.8. The zero-order chi connectivity index (χ0) is 47.1. The third kappa shape index (κ3) is 7.65. The topological polar surface area (TPSA) is 177 Å². The molecule has 1 atom stereocenters. The molecular formula is C49H50FN13O5S. The second-order valence-electron chi connectivity index (χ2n) is 19.2. The van der Waals surface area contributed by atoms with E-state index in [1.165, 1.54) is 27.2 Å². The average molecular weight is 952 g/mol. The molecule has 0 radical (unpaired) electrons. The molecule has 6 aromatic rings. The highest BCUT2D eigenvalue weighted by Crippen LogP contribution is 2.43. The third-order valence-corrected chi connectivity index (χ3v) is 15.4. The fraction of sp³-hybridized carbons (Fsp3) is 0.388. The first-order chi connectivity index (χ1) is 33.5. The quantitative estimate of drug-likeness (QED) is 0.196. The molecule has 18 nitrogen and oxygen atoms in total. The van der Waals surface area contributed by atoms with Crippen molar-refractivity contribution in [2.24, 2.45) is 12.5 Å². The first-order valence-electron chi connectivity index (χ1n) is 23.5. The van der Waals surface area contributed by atoms with Crippen LogP contribution in [0.15, 0.2) is 72.5 Å². The summed E-state index contributed by atoms with van der Waals surface area (Å²) in [6.07, 6.45) is 6.12. The number of hydrogen-bond acceptors (Lipinski definition) is 12. The largest absolute Gasteiger partial charge is 0.370 e. The van der Waals surface area contributed by atoms with E-state index in [1.54, 1.807) is 28.7 Å². The maximum atomic E-state index is 16.0. The number of imidazole rings is 1. The van der Waals surface area contributed by atoms with Gasteiger partial charge in [0.1, 0.15) is 5.82 Å². The van der Waals surface area contributed by atoms with Crippen molar-refractivity contribution in [1.29, 1.82) is 0 Å². The highest BCUT2D eigenvalue weighted by molar-refractivity contribution is 7.13. The molecule has 9 heterocycles. The van der Waals surface area contributed by atoms with Crippen LogP contribution < -0.4 is 25.3 Å². The summed E-state index contributed by atoms with van der Waals surface area (Å²) in [5.41, 5.74) is 6.37. The summed E-state index contributed by atoms with van der Waals surface area (Å²) in [4.78, 5) is 86.5. The number of benzene rings is 3. The Bertz CT molecular complexity index is 3070. The van der Waals surface area contributed by atoms with Crippen molar-refractivity contribution in [2.45, 2.75) is 44.8 Å². The zero-order valence-corrected chi connectivity index (χ0v) is 38.9. The number of nitrogens with one attached hydrogen (secondary N) is 2. The van der Waals surface area contributed by atoms with Gasteiger partial charge >= 0.3 is 6.03 Å². The van der Waals surface area contributed by atoms with E-state index < -0.39 is 29.7 Å². The van der Waals surface area contributed by atoms with Gasteiger partial charge in [0.05, 0.1) is 30.6 Å². The number of aromatic nitrogens is 5. The molecule has 12 rings (SSSR count). The van der Waals surface area contributed by atoms with Crippen LogP contribution >= 0.6 is 11.3 Å². The maximum Gasteiger partial charge on any atom is 0.329 e. The summed E-state index contributed by atoms with van der Waals surface area (Å²) in [7, 11) is 1.86. The van der Waals surface area contributed by atoms with Gasteiger partial charge in [-0.3, -0.25) is 44.3 Å². The van der Waals surface area contributed by atoms with Gasteiger partial charge in [0.2, 0.25) is 11.8 Å². The van der Waals surface area contributed by atoms with E-state index in [0.717, 1.165) is 112 Å². The molecule has 6 aliphatic heterocycles. The molecule has 3 aromatic heterocycles. The number of amides is 6. The van der Waals surface area contributed by atoms with Crippen LogP contribution in [0.5, 0.6) is 0 Å². The van der Waals surface area contributed by atoms with Gasteiger partial charge in [-0.05, 0) is 72.9 Å². The Labute approximate surface area is 400 Å². The third-order valence-electron chi connectivity index (χ3n) is 14.7. The number of nitrogens with zero attached hydrogens (tertiary/aromatic N) is 11. The van der Waals surface area contributed by atoms with Gasteiger partial charge in [-0.25, -0.2) is 19.2 Å². The van der Waals surface area contributed by atoms with Crippen molar-refractivity contribution in [2.75, 3.05) is 85.5 Å². The summed E-state index contributed by atoms with van der Waals surface area (Å²) in [6.45, 7) is 7.81. The molecule has 4 saturated heterocycles. The van der Waals surface area contributed by atoms with Crippen molar-refractivity contribution in [3.05, 3.63) is 101 Å². The molecule has 6 amide bonds. The van der Waals surface area contributed by atoms with Gasteiger partial charge in [-0.15, -0.1) is 11.3 Å². The molecule has 1 spiro atoms. The lowest BCUT2D eigenvalue weighted by molar-refractivity contribution is -0.146. The van der Waals surface area contributed by atoms with Crippen molar-refractivity contribution < 1.29 is 28.4 Å². The number of aryl methyl sites for hydroxylation is 2. The predicted molar refractivity (Wildman–Crippen MR) is 256 cm³/mol. The van der Waals surface area contributed by atoms with E-state index in [-0.39, 0.29) is 47.9 Å². The van der Waals surface area contributed by atoms with E-state index in [0.29, 0.717) is 28.8 Å². The van der Waals surface area contributed by atoms with Crippen LogP contribution in [0, 0.1) is 11.2 Å². The van der Waals surface area contributed by atoms with Gasteiger partial charge < -0.3 is 24.2 Å². The molecule has 0 bridgehead atoms. The molecule has 2 N–H and O–H groups in total. The van der Waals surface area contributed by atoms with Crippen molar-refractivity contribution >= 4 is 74.2 Å². The van der Waals surface area contributed by atoms with Crippen LogP contribution in [0.25, 0.3) is 22.0 Å². The van der Waals surface area contributed by atoms with E-state index in [9.17, 15) is 24.0 Å². The lowest BCUT2D eigenvalue weighted by atomic mass is 9.72. The Hall–Kier alpha value is -7.19. The number of hydrogen-bond donors (Lipinski definition) is 2. The number of rotatable bonds is 10. The molecular weight excluding hydrogens is 902 g/mol. The number of thiazole rings is 1. The summed E-state index contributed by atoms with van der Waals surface area (Å²) in [5, 5.41) is 12.9. The van der Waals surface area contributed by atoms with Crippen molar-refractivity contribution in [1.82, 2.24) is 44.3 Å². The molecule has 0 aliphatic carbocycles. The summed E-state index contributed by atoms with van der Waals surface area (Å²) in [5.74, 6) is -0.932. The van der Waals surface area contributed by atoms with Crippen LogP contribution in [0.4, 0.5) is 31.5 Å². The van der Waals surface area contributed by atoms with Crippen LogP contribution in [0.3, 0.4) is 0 Å². The summed E-state index contributed by atoms with van der Waals surface area (Å²) >= 11 is 1.28. The average Bonchev–Trinajstić information content (AvgIpc) is 4.15. The van der Waals surface area contributed by atoms with Gasteiger partial charge in [0.25, 0.3) is 11.8 Å². The molecule has 1 unspecified atom stereocenters. The number of fused-ring (bicyclic) bond motifs is 3. The monoisotopic (exact) mass is 951 g/mol. The predicted octanol–water partition coefficient (Wildman–Crippen LogP) is 4.62. The Morgan fingerprint density at radius 3 is 2.49 bits per heavy atom. The maximum absolute atomic E-state index is 16.0. The molecule has 20 heteroatoms. The van der Waals surface area contributed by atoms with Gasteiger partial charge in [0.15, 0.2) is 17.0 Å². The standard InChI is InChI=1S/C49H50FN13O5S/c1-56-39-22-33(9-10-34(39)44(55-56)62-16-11-40(64)53-48(62)68)58-15-3-13-57(17-18-58)24-41(65)61-27-49(28-61)25-60(26-49)32-7-5-30(6-8-32)31-20-35-36(37(50)21-31)23-63(46(35)67)43(45(66)54-47-51-12-19-69-47)42-38-4-2-14-59(38)29-52-42/h5-10,12,19-22,29,43H,2-4,11,13-18,23-28H2,1H3,(H,51,54,66)(H,53,64,68). The Morgan fingerprint density at radius 2 is 1.70 bits per heavy atom. The molecule has 69 heavy (non-hydrogen) atoms. The number of halogens is 1. The molecule has 6 aliphatic rings. The Balaban J connectivity index is 0.644. The van der Waals surface area contributed by atoms with Crippen LogP contribution in [0.2, 0.25) is 0 Å². The number of carbonyl (C=O) groups is 5. The van der Waals surface area contributed by atoms with Crippen LogP contribution in [-0.2, 0) is 40.9 Å². The summed E-state index contributed by atoms with van der Waals surface area (Å²) < 4.78 is 19.8. The highest BCUT2D eigenvalue weighted by atomic mass is 32.1.